The van der Waals surface area contributed by atoms with Crippen LogP contribution < -0.4 is 5.32 Å². The number of halogens is 2. The van der Waals surface area contributed by atoms with Crippen LogP contribution in [0.3, 0.4) is 0 Å². The molecule has 0 aliphatic rings. The lowest BCUT2D eigenvalue weighted by atomic mass is 10.1. The highest BCUT2D eigenvalue weighted by atomic mass is 19.1. The third kappa shape index (κ3) is 1.26. The second-order valence-corrected chi connectivity index (χ2v) is 2.92. The number of rotatable bonds is 2. The third-order valence-corrected chi connectivity index (χ3v) is 2.00. The van der Waals surface area contributed by atoms with E-state index in [0.29, 0.717) is 0 Å². The van der Waals surface area contributed by atoms with E-state index < -0.39 is 11.6 Å². The molecule has 0 bridgehead atoms. The monoisotopic (exact) mass is 198 g/mol. The zero-order valence-electron chi connectivity index (χ0n) is 7.47. The van der Waals surface area contributed by atoms with Gasteiger partial charge in [-0.25, -0.2) is 8.78 Å². The quantitative estimate of drug-likeness (QED) is 0.799. The van der Waals surface area contributed by atoms with E-state index in [2.05, 4.69) is 15.0 Å². The maximum atomic E-state index is 13.6. The van der Waals surface area contributed by atoms with Crippen LogP contribution in [0.2, 0.25) is 0 Å². The number of nitrogens with one attached hydrogen (secondary N) is 1. The molecule has 5 heteroatoms. The molecule has 2 aromatic rings. The van der Waals surface area contributed by atoms with Crippen molar-refractivity contribution in [1.29, 1.82) is 0 Å². The molecule has 0 aliphatic carbocycles. The molecule has 0 fully saturated rings. The Hall–Kier alpha value is -1.49. The molecule has 1 aromatic heterocycles. The first-order valence-corrected chi connectivity index (χ1v) is 4.10. The van der Waals surface area contributed by atoms with Crippen LogP contribution in [0.5, 0.6) is 0 Å². The van der Waals surface area contributed by atoms with E-state index in [0.717, 1.165) is 6.07 Å². The largest absolute Gasteiger partial charge is 0.356 e. The molecule has 0 saturated carbocycles. The normalized spacial score (nSPS) is 11.1. The van der Waals surface area contributed by atoms with Gasteiger partial charge in [0.1, 0.15) is 11.6 Å². The molecule has 1 heterocycles. The number of nitrogens with zero attached hydrogens (tertiary/aromatic N) is 1. The Kier molecular flexibility index (Phi) is 2.17. The molecule has 0 amide bonds. The smallest absolute Gasteiger partial charge is 0.172 e. The number of benzene rings is 1. The number of hydrogen-bond donors (Lipinski definition) is 1. The first-order valence-electron chi connectivity index (χ1n) is 4.10. The Morgan fingerprint density at radius 3 is 3.00 bits per heavy atom. The van der Waals surface area contributed by atoms with Gasteiger partial charge in [0.05, 0.1) is 11.6 Å². The molecule has 3 nitrogen and oxygen atoms in total. The predicted molar refractivity (Wildman–Crippen MR) is 46.7 cm³/mol. The van der Waals surface area contributed by atoms with Crippen LogP contribution in [0.15, 0.2) is 16.8 Å². The minimum absolute atomic E-state index is 0.00296. The van der Waals surface area contributed by atoms with Crippen LogP contribution in [0.4, 0.5) is 8.78 Å². The number of fused-ring (bicyclic) bond motifs is 1. The van der Waals surface area contributed by atoms with Crippen LogP contribution in [-0.2, 0) is 6.54 Å². The van der Waals surface area contributed by atoms with Crippen LogP contribution in [-0.4, -0.2) is 12.2 Å². The van der Waals surface area contributed by atoms with Crippen molar-refractivity contribution in [3.8, 4) is 0 Å². The summed E-state index contributed by atoms with van der Waals surface area (Å²) in [5.41, 5.74) is 0.128. The van der Waals surface area contributed by atoms with E-state index in [9.17, 15) is 8.78 Å². The van der Waals surface area contributed by atoms with Crippen molar-refractivity contribution in [1.82, 2.24) is 10.5 Å². The number of hydrogen-bond acceptors (Lipinski definition) is 3. The summed E-state index contributed by atoms with van der Waals surface area (Å²) >= 11 is 0. The van der Waals surface area contributed by atoms with Crippen molar-refractivity contribution in [2.75, 3.05) is 7.05 Å². The molecular weight excluding hydrogens is 190 g/mol. The van der Waals surface area contributed by atoms with E-state index in [-0.39, 0.29) is 23.1 Å². The van der Waals surface area contributed by atoms with Gasteiger partial charge in [-0.2, -0.15) is 0 Å². The summed E-state index contributed by atoms with van der Waals surface area (Å²) < 4.78 is 31.5. The molecule has 0 atom stereocenters. The Labute approximate surface area is 78.7 Å². The fourth-order valence-corrected chi connectivity index (χ4v) is 1.33. The summed E-state index contributed by atoms with van der Waals surface area (Å²) in [5, 5.41) is 6.30. The highest BCUT2D eigenvalue weighted by Crippen LogP contribution is 2.23. The summed E-state index contributed by atoms with van der Waals surface area (Å²) in [7, 11) is 1.62. The van der Waals surface area contributed by atoms with Gasteiger partial charge in [-0.3, -0.25) is 0 Å². The predicted octanol–water partition coefficient (Wildman–Crippen LogP) is 1.83. The van der Waals surface area contributed by atoms with E-state index >= 15 is 0 Å². The van der Waals surface area contributed by atoms with Gasteiger partial charge in [0.15, 0.2) is 5.58 Å². The number of aromatic nitrogens is 1. The maximum absolute atomic E-state index is 13.6. The average molecular weight is 198 g/mol. The van der Waals surface area contributed by atoms with Crippen LogP contribution in [0.1, 0.15) is 5.56 Å². The van der Waals surface area contributed by atoms with Crippen molar-refractivity contribution < 1.29 is 13.3 Å². The molecule has 0 aliphatic heterocycles. The highest BCUT2D eigenvalue weighted by molar-refractivity contribution is 5.77. The molecule has 0 unspecified atom stereocenters. The van der Waals surface area contributed by atoms with E-state index in [4.69, 9.17) is 0 Å². The van der Waals surface area contributed by atoms with Gasteiger partial charge < -0.3 is 9.84 Å². The van der Waals surface area contributed by atoms with Crippen molar-refractivity contribution >= 4 is 11.0 Å². The Bertz CT molecular complexity index is 467. The van der Waals surface area contributed by atoms with Crippen molar-refractivity contribution in [2.24, 2.45) is 0 Å². The topological polar surface area (TPSA) is 38.1 Å². The second kappa shape index (κ2) is 3.34. The van der Waals surface area contributed by atoms with E-state index in [1.165, 1.54) is 6.20 Å². The van der Waals surface area contributed by atoms with Crippen molar-refractivity contribution in [2.45, 2.75) is 6.54 Å². The van der Waals surface area contributed by atoms with Gasteiger partial charge in [-0.1, -0.05) is 5.16 Å². The molecular formula is C9H8F2N2O. The summed E-state index contributed by atoms with van der Waals surface area (Å²) in [5.74, 6) is -1.24. The van der Waals surface area contributed by atoms with Crippen molar-refractivity contribution in [3.63, 3.8) is 0 Å². The first-order chi connectivity index (χ1) is 6.74. The second-order valence-electron chi connectivity index (χ2n) is 2.92. The average Bonchev–Trinajstić information content (AvgIpc) is 2.60. The van der Waals surface area contributed by atoms with E-state index in [1.54, 1.807) is 7.05 Å². The standard InChI is InChI=1S/C9H8F2N2O/c1-12-3-5-7(10)2-8-6(9(5)11)4-13-14-8/h2,4,12H,3H2,1H3. The van der Waals surface area contributed by atoms with Crippen LogP contribution >= 0.6 is 0 Å². The minimum Gasteiger partial charge on any atom is -0.356 e. The van der Waals surface area contributed by atoms with E-state index in [1.807, 2.05) is 0 Å². The molecule has 14 heavy (non-hydrogen) atoms. The van der Waals surface area contributed by atoms with Crippen molar-refractivity contribution in [3.05, 3.63) is 29.5 Å². The van der Waals surface area contributed by atoms with Crippen LogP contribution in [0.25, 0.3) is 11.0 Å². The van der Waals surface area contributed by atoms with Gasteiger partial charge in [-0.15, -0.1) is 0 Å². The summed E-state index contributed by atoms with van der Waals surface area (Å²) in [4.78, 5) is 0. The van der Waals surface area contributed by atoms with Gasteiger partial charge in [0, 0.05) is 18.2 Å². The van der Waals surface area contributed by atoms with Gasteiger partial charge in [0.2, 0.25) is 0 Å². The summed E-state index contributed by atoms with van der Waals surface area (Å²) in [6.45, 7) is 0.138. The Balaban J connectivity index is 2.69. The van der Waals surface area contributed by atoms with Gasteiger partial charge in [-0.05, 0) is 7.05 Å². The molecule has 1 aromatic carbocycles. The zero-order valence-corrected chi connectivity index (χ0v) is 7.47. The first kappa shape index (κ1) is 9.08. The fourth-order valence-electron chi connectivity index (χ4n) is 1.33. The molecule has 74 valence electrons. The molecule has 2 rings (SSSR count). The summed E-state index contributed by atoms with van der Waals surface area (Å²) in [6, 6.07) is 1.14. The van der Waals surface area contributed by atoms with Gasteiger partial charge >= 0.3 is 0 Å². The molecule has 0 radical (unpaired) electrons. The minimum atomic E-state index is -0.624. The zero-order chi connectivity index (χ0) is 10.1. The molecule has 1 N–H and O–H groups in total. The third-order valence-electron chi connectivity index (χ3n) is 2.00. The lowest BCUT2D eigenvalue weighted by Crippen LogP contribution is -2.09. The Morgan fingerprint density at radius 1 is 1.50 bits per heavy atom. The molecule has 0 saturated heterocycles. The lowest BCUT2D eigenvalue weighted by Gasteiger charge is -2.03. The SMILES string of the molecule is CNCc1c(F)cc2oncc2c1F. The maximum Gasteiger partial charge on any atom is 0.172 e. The van der Waals surface area contributed by atoms with Crippen LogP contribution in [0, 0.1) is 11.6 Å². The fraction of sp³-hybridized carbons (Fsp3) is 0.222. The highest BCUT2D eigenvalue weighted by Gasteiger charge is 2.15. The summed E-state index contributed by atoms with van der Waals surface area (Å²) in [6.07, 6.45) is 1.24. The molecule has 0 spiro atoms. The van der Waals surface area contributed by atoms with Gasteiger partial charge in [0.25, 0.3) is 0 Å². The Morgan fingerprint density at radius 2 is 2.29 bits per heavy atom. The lowest BCUT2D eigenvalue weighted by molar-refractivity contribution is 0.453.